The van der Waals surface area contributed by atoms with Gasteiger partial charge in [0.15, 0.2) is 11.5 Å². The lowest BCUT2D eigenvalue weighted by Gasteiger charge is -2.24. The lowest BCUT2D eigenvalue weighted by Crippen LogP contribution is -2.27. The first kappa shape index (κ1) is 18.0. The third-order valence-electron chi connectivity index (χ3n) is 4.51. The molecule has 4 rings (SSSR count). The Hall–Kier alpha value is -2.35. The molecule has 2 aromatic rings. The van der Waals surface area contributed by atoms with Crippen molar-refractivity contribution in [1.29, 1.82) is 0 Å². The number of benzene rings is 1. The molecule has 1 aromatic heterocycles. The Bertz CT molecular complexity index is 871. The molecule has 27 heavy (non-hydrogen) atoms. The number of carbonyl (C=O) groups is 1. The zero-order valence-electron chi connectivity index (χ0n) is 15.9. The molecule has 8 heteroatoms. The first-order chi connectivity index (χ1) is 12.9. The third-order valence-corrected chi connectivity index (χ3v) is 5.80. The predicted octanol–water partition coefficient (Wildman–Crippen LogP) is 3.19. The van der Waals surface area contributed by atoms with Gasteiger partial charge >= 0.3 is 0 Å². The number of anilines is 1. The molecule has 0 fully saturated rings. The van der Waals surface area contributed by atoms with E-state index in [0.717, 1.165) is 16.9 Å². The van der Waals surface area contributed by atoms with E-state index < -0.39 is 0 Å². The fraction of sp³-hybridized carbons (Fsp3) is 0.474. The molecule has 1 atom stereocenters. The largest absolute Gasteiger partial charge is 0.493 e. The van der Waals surface area contributed by atoms with Crippen molar-refractivity contribution in [3.05, 3.63) is 29.5 Å². The first-order valence-electron chi connectivity index (χ1n) is 8.86. The van der Waals surface area contributed by atoms with Gasteiger partial charge in [0.25, 0.3) is 0 Å². The Morgan fingerprint density at radius 1 is 1.30 bits per heavy atom. The maximum absolute atomic E-state index is 12.3. The molecule has 2 aliphatic heterocycles. The molecule has 2 aliphatic rings. The summed E-state index contributed by atoms with van der Waals surface area (Å²) < 4.78 is 18.9. The summed E-state index contributed by atoms with van der Waals surface area (Å²) in [5.41, 5.74) is 1.72. The highest BCUT2D eigenvalue weighted by Gasteiger charge is 2.32. The van der Waals surface area contributed by atoms with Gasteiger partial charge in [0.1, 0.15) is 19.0 Å². The standard InChI is InChI=1S/C19H23N3O4S/c1-19(2,3)22-18-12(9-20-22)17(27-10-15(23)21-18)11-7-13(24-4)16-14(8-11)25-5-6-26-16/h7-9,17H,5-6,10H2,1-4H3,(H,21,23)/t17-/m1/s1. The second kappa shape index (κ2) is 6.67. The van der Waals surface area contributed by atoms with E-state index in [4.69, 9.17) is 14.2 Å². The Labute approximate surface area is 162 Å². The molecule has 0 bridgehead atoms. The topological polar surface area (TPSA) is 74.6 Å². The highest BCUT2D eigenvalue weighted by Crippen LogP contribution is 2.48. The first-order valence-corrected chi connectivity index (χ1v) is 9.90. The fourth-order valence-corrected chi connectivity index (χ4v) is 4.39. The molecular weight excluding hydrogens is 366 g/mol. The molecule has 1 amide bonds. The minimum atomic E-state index is -0.245. The SMILES string of the molecule is COc1cc([C@H]2SCC(=O)Nc3c2cnn3C(C)(C)C)cc2c1OCCO2. The Balaban J connectivity index is 1.83. The van der Waals surface area contributed by atoms with Crippen LogP contribution in [0, 0.1) is 0 Å². The molecular formula is C19H23N3O4S. The Morgan fingerprint density at radius 3 is 2.81 bits per heavy atom. The van der Waals surface area contributed by atoms with Crippen LogP contribution in [0.1, 0.15) is 37.1 Å². The average Bonchev–Trinajstić information content (AvgIpc) is 2.97. The molecule has 0 spiro atoms. The molecule has 0 aliphatic carbocycles. The number of nitrogens with zero attached hydrogens (tertiary/aromatic N) is 2. The van der Waals surface area contributed by atoms with Crippen molar-refractivity contribution in [3.63, 3.8) is 0 Å². The summed E-state index contributed by atoms with van der Waals surface area (Å²) >= 11 is 1.56. The van der Waals surface area contributed by atoms with Gasteiger partial charge in [-0.2, -0.15) is 5.10 Å². The van der Waals surface area contributed by atoms with Gasteiger partial charge in [0.05, 0.1) is 29.8 Å². The van der Waals surface area contributed by atoms with Crippen LogP contribution in [0.25, 0.3) is 0 Å². The summed E-state index contributed by atoms with van der Waals surface area (Å²) in [5.74, 6) is 3.02. The summed E-state index contributed by atoms with van der Waals surface area (Å²) in [5, 5.41) is 7.50. The van der Waals surface area contributed by atoms with Crippen LogP contribution in [0.5, 0.6) is 17.2 Å². The lowest BCUT2D eigenvalue weighted by molar-refractivity contribution is -0.113. The summed E-state index contributed by atoms with van der Waals surface area (Å²) in [6.07, 6.45) is 1.84. The van der Waals surface area contributed by atoms with Crippen LogP contribution in [0.15, 0.2) is 18.3 Å². The number of fused-ring (bicyclic) bond motifs is 2. The summed E-state index contributed by atoms with van der Waals surface area (Å²) in [4.78, 5) is 12.3. The Kier molecular flexibility index (Phi) is 4.46. The molecule has 144 valence electrons. The highest BCUT2D eigenvalue weighted by molar-refractivity contribution is 8.00. The lowest BCUT2D eigenvalue weighted by atomic mass is 10.0. The van der Waals surface area contributed by atoms with Crippen molar-refractivity contribution >= 4 is 23.5 Å². The Morgan fingerprint density at radius 2 is 2.07 bits per heavy atom. The molecule has 7 nitrogen and oxygen atoms in total. The normalized spacial score (nSPS) is 19.1. The fourth-order valence-electron chi connectivity index (χ4n) is 3.32. The maximum atomic E-state index is 12.3. The van der Waals surface area contributed by atoms with Crippen LogP contribution in [0.3, 0.4) is 0 Å². The number of thioether (sulfide) groups is 1. The van der Waals surface area contributed by atoms with Gasteiger partial charge in [-0.15, -0.1) is 11.8 Å². The third kappa shape index (κ3) is 3.22. The molecule has 0 radical (unpaired) electrons. The van der Waals surface area contributed by atoms with Crippen LogP contribution in [0.2, 0.25) is 0 Å². The van der Waals surface area contributed by atoms with E-state index in [2.05, 4.69) is 31.2 Å². The van der Waals surface area contributed by atoms with Crippen molar-refractivity contribution in [2.75, 3.05) is 31.4 Å². The molecule has 0 saturated carbocycles. The highest BCUT2D eigenvalue weighted by atomic mass is 32.2. The van der Waals surface area contributed by atoms with Gasteiger partial charge in [0, 0.05) is 5.56 Å². The molecule has 1 N–H and O–H groups in total. The van der Waals surface area contributed by atoms with Gasteiger partial charge in [-0.3, -0.25) is 4.79 Å². The minimum Gasteiger partial charge on any atom is -0.493 e. The number of amides is 1. The van der Waals surface area contributed by atoms with E-state index in [1.165, 1.54) is 0 Å². The number of nitrogens with one attached hydrogen (secondary N) is 1. The van der Waals surface area contributed by atoms with E-state index in [0.29, 0.717) is 36.2 Å². The number of methoxy groups -OCH3 is 1. The summed E-state index contributed by atoms with van der Waals surface area (Å²) in [6.45, 7) is 7.19. The molecule has 3 heterocycles. The average molecular weight is 389 g/mol. The van der Waals surface area contributed by atoms with Crippen molar-refractivity contribution in [1.82, 2.24) is 9.78 Å². The van der Waals surface area contributed by atoms with Crippen molar-refractivity contribution in [2.24, 2.45) is 0 Å². The van der Waals surface area contributed by atoms with Crippen LogP contribution in [0.4, 0.5) is 5.82 Å². The van der Waals surface area contributed by atoms with E-state index >= 15 is 0 Å². The molecule has 0 saturated heterocycles. The quantitative estimate of drug-likeness (QED) is 0.850. The number of hydrogen-bond donors (Lipinski definition) is 1. The second-order valence-electron chi connectivity index (χ2n) is 7.52. The second-order valence-corrected chi connectivity index (χ2v) is 8.61. The number of carbonyl (C=O) groups excluding carboxylic acids is 1. The van der Waals surface area contributed by atoms with Crippen molar-refractivity contribution in [2.45, 2.75) is 31.6 Å². The van der Waals surface area contributed by atoms with Gasteiger partial charge in [-0.25, -0.2) is 4.68 Å². The van der Waals surface area contributed by atoms with E-state index in [-0.39, 0.29) is 16.7 Å². The van der Waals surface area contributed by atoms with Crippen LogP contribution in [-0.2, 0) is 10.3 Å². The van der Waals surface area contributed by atoms with Gasteiger partial charge in [-0.05, 0) is 38.5 Å². The van der Waals surface area contributed by atoms with Crippen molar-refractivity contribution in [3.8, 4) is 17.2 Å². The number of ether oxygens (including phenoxy) is 3. The minimum absolute atomic E-state index is 0.0285. The monoisotopic (exact) mass is 389 g/mol. The van der Waals surface area contributed by atoms with Crippen LogP contribution in [-0.4, -0.2) is 41.8 Å². The van der Waals surface area contributed by atoms with E-state index in [1.807, 2.05) is 23.0 Å². The van der Waals surface area contributed by atoms with E-state index in [9.17, 15) is 4.79 Å². The summed E-state index contributed by atoms with van der Waals surface area (Å²) in [6, 6.07) is 3.93. The smallest absolute Gasteiger partial charge is 0.235 e. The molecule has 0 unspecified atom stereocenters. The predicted molar refractivity (Wildman–Crippen MR) is 104 cm³/mol. The van der Waals surface area contributed by atoms with Gasteiger partial charge in [0.2, 0.25) is 11.7 Å². The molecule has 1 aromatic carbocycles. The van der Waals surface area contributed by atoms with Crippen LogP contribution >= 0.6 is 11.8 Å². The number of aromatic nitrogens is 2. The van der Waals surface area contributed by atoms with Crippen LogP contribution < -0.4 is 19.5 Å². The zero-order valence-corrected chi connectivity index (χ0v) is 16.7. The number of hydrogen-bond acceptors (Lipinski definition) is 6. The van der Waals surface area contributed by atoms with Crippen molar-refractivity contribution < 1.29 is 19.0 Å². The summed E-state index contributed by atoms with van der Waals surface area (Å²) in [7, 11) is 1.62. The van der Waals surface area contributed by atoms with Gasteiger partial charge < -0.3 is 19.5 Å². The number of rotatable bonds is 2. The maximum Gasteiger partial charge on any atom is 0.235 e. The van der Waals surface area contributed by atoms with Gasteiger partial charge in [-0.1, -0.05) is 0 Å². The van der Waals surface area contributed by atoms with E-state index in [1.54, 1.807) is 18.9 Å². The zero-order chi connectivity index (χ0) is 19.2.